The minimum Gasteiger partial charge on any atom is -0.459 e. The molecule has 0 N–H and O–H groups in total. The Bertz CT molecular complexity index is 1380. The lowest BCUT2D eigenvalue weighted by atomic mass is 9.54. The van der Waals surface area contributed by atoms with E-state index in [1.54, 1.807) is 91.0 Å². The number of benzene rings is 3. The molecule has 4 fully saturated rings. The molecular weight excluding hydrogens is 585 g/mol. The molecule has 3 aromatic rings. The Labute approximate surface area is 246 Å². The maximum Gasteiger partial charge on any atom is 0.403 e. The molecule has 224 valence electrons. The number of halogens is 3. The number of hydrogen-bond donors (Lipinski definition) is 0. The number of hydrogen-bond acceptors (Lipinski definition) is 5. The van der Waals surface area contributed by atoms with Gasteiger partial charge in [0.25, 0.3) is 10.1 Å². The van der Waals surface area contributed by atoms with Crippen LogP contribution in [0.5, 0.6) is 0 Å². The van der Waals surface area contributed by atoms with Gasteiger partial charge in [-0.1, -0.05) is 54.6 Å². The SMILES string of the molecule is O=C(OC12CC3CC(CC(C3)C1)C2)C(CS(=O)(=O)OS(c1ccccc1)(c1ccccc1)c1ccccc1)C(F)(F)F. The van der Waals surface area contributed by atoms with E-state index < -0.39 is 49.8 Å². The largest absolute Gasteiger partial charge is 0.459 e. The summed E-state index contributed by atoms with van der Waals surface area (Å²) in [6.07, 6.45) is -0.452. The van der Waals surface area contributed by atoms with Gasteiger partial charge >= 0.3 is 12.1 Å². The third-order valence-electron chi connectivity index (χ3n) is 8.78. The molecule has 0 radical (unpaired) electrons. The van der Waals surface area contributed by atoms with Crippen molar-refractivity contribution in [1.82, 2.24) is 0 Å². The first kappa shape index (κ1) is 29.3. The molecule has 1 unspecified atom stereocenters. The van der Waals surface area contributed by atoms with Gasteiger partial charge in [-0.2, -0.15) is 21.6 Å². The fourth-order valence-electron chi connectivity index (χ4n) is 7.49. The van der Waals surface area contributed by atoms with E-state index in [2.05, 4.69) is 0 Å². The van der Waals surface area contributed by atoms with Crippen LogP contribution in [0.25, 0.3) is 0 Å². The highest BCUT2D eigenvalue weighted by atomic mass is 32.3. The van der Waals surface area contributed by atoms with Crippen molar-refractivity contribution in [3.8, 4) is 0 Å². The number of ether oxygens (including phenoxy) is 1. The molecule has 0 heterocycles. The maximum atomic E-state index is 14.4. The normalized spacial score (nSPS) is 26.5. The summed E-state index contributed by atoms with van der Waals surface area (Å²) < 4.78 is 82.6. The topological polar surface area (TPSA) is 69.7 Å². The predicted molar refractivity (Wildman–Crippen MR) is 153 cm³/mol. The Kier molecular flexibility index (Phi) is 7.68. The number of rotatable bonds is 9. The van der Waals surface area contributed by atoms with Crippen molar-refractivity contribution in [3.63, 3.8) is 0 Å². The standard InChI is InChI=1S/C32H33F3O5S2/c33-32(34,35)29(30(36)39-31-19-23-16-24(20-31)18-25(17-23)21-31)22-41(37,38)40-42(26-10-4-1-5-11-26,27-12-6-2-7-13-27)28-14-8-3-9-15-28/h1-15,23-25,29H,16-22H2. The van der Waals surface area contributed by atoms with Crippen LogP contribution in [-0.2, 0) is 23.3 Å². The zero-order chi connectivity index (χ0) is 29.6. The quantitative estimate of drug-likeness (QED) is 0.228. The minimum absolute atomic E-state index is 0.340. The van der Waals surface area contributed by atoms with Gasteiger partial charge in [-0.25, -0.2) is 3.63 Å². The minimum atomic E-state index is -5.14. The Morgan fingerprint density at radius 3 is 1.48 bits per heavy atom. The highest BCUT2D eigenvalue weighted by Gasteiger charge is 2.56. The molecule has 10 heteroatoms. The van der Waals surface area contributed by atoms with Gasteiger partial charge in [0, 0.05) is 14.7 Å². The third kappa shape index (κ3) is 5.73. The van der Waals surface area contributed by atoms with E-state index in [4.69, 9.17) is 8.37 Å². The molecule has 0 amide bonds. The molecular formula is C32H33F3O5S2. The monoisotopic (exact) mass is 618 g/mol. The summed E-state index contributed by atoms with van der Waals surface area (Å²) >= 11 is 0. The van der Waals surface area contributed by atoms with Crippen LogP contribution in [0, 0.1) is 23.7 Å². The van der Waals surface area contributed by atoms with Gasteiger partial charge in [0.15, 0.2) is 5.92 Å². The lowest BCUT2D eigenvalue weighted by Gasteiger charge is -2.55. The third-order valence-corrected chi connectivity index (χ3v) is 14.0. The molecule has 0 spiro atoms. The van der Waals surface area contributed by atoms with Crippen LogP contribution in [0.1, 0.15) is 38.5 Å². The molecule has 4 bridgehead atoms. The summed E-state index contributed by atoms with van der Waals surface area (Å²) in [5, 5.41) is 0. The molecule has 4 aliphatic rings. The Balaban J connectivity index is 1.35. The van der Waals surface area contributed by atoms with Crippen molar-refractivity contribution in [2.75, 3.05) is 5.75 Å². The number of carbonyl (C=O) groups is 1. The van der Waals surface area contributed by atoms with Crippen molar-refractivity contribution in [2.24, 2.45) is 23.7 Å². The molecule has 7 rings (SSSR count). The van der Waals surface area contributed by atoms with Crippen molar-refractivity contribution < 1.29 is 34.7 Å². The predicted octanol–water partition coefficient (Wildman–Crippen LogP) is 7.92. The first-order valence-corrected chi connectivity index (χ1v) is 17.3. The Morgan fingerprint density at radius 1 is 0.738 bits per heavy atom. The summed E-state index contributed by atoms with van der Waals surface area (Å²) in [4.78, 5) is 14.7. The highest BCUT2D eigenvalue weighted by molar-refractivity contribution is 8.33. The van der Waals surface area contributed by atoms with Crippen molar-refractivity contribution in [3.05, 3.63) is 91.0 Å². The lowest BCUT2D eigenvalue weighted by molar-refractivity contribution is -0.217. The van der Waals surface area contributed by atoms with Gasteiger partial charge in [-0.05, 0) is 103 Å². The van der Waals surface area contributed by atoms with Crippen LogP contribution in [-0.4, -0.2) is 31.9 Å². The van der Waals surface area contributed by atoms with Gasteiger partial charge in [0.1, 0.15) is 5.60 Å². The number of carbonyl (C=O) groups excluding carboxylic acids is 1. The van der Waals surface area contributed by atoms with Gasteiger partial charge < -0.3 is 4.74 Å². The van der Waals surface area contributed by atoms with Gasteiger partial charge in [-0.3, -0.25) is 4.79 Å². The summed E-state index contributed by atoms with van der Waals surface area (Å²) in [6.45, 7) is 0. The Hall–Kier alpha value is -2.82. The average Bonchev–Trinajstić information content (AvgIpc) is 2.94. The molecule has 0 aliphatic heterocycles. The molecule has 4 aliphatic carbocycles. The van der Waals surface area contributed by atoms with Crippen LogP contribution < -0.4 is 0 Å². The molecule has 4 saturated carbocycles. The van der Waals surface area contributed by atoms with Gasteiger partial charge in [0.05, 0.1) is 5.75 Å². The second-order valence-electron chi connectivity index (χ2n) is 11.9. The molecule has 0 saturated heterocycles. The first-order chi connectivity index (χ1) is 20.0. The molecule has 0 aromatic heterocycles. The summed E-state index contributed by atoms with van der Waals surface area (Å²) in [6, 6.07) is 25.8. The summed E-state index contributed by atoms with van der Waals surface area (Å²) in [7, 11) is -8.02. The van der Waals surface area contributed by atoms with E-state index >= 15 is 0 Å². The van der Waals surface area contributed by atoms with Crippen LogP contribution >= 0.6 is 10.3 Å². The first-order valence-electron chi connectivity index (χ1n) is 14.2. The van der Waals surface area contributed by atoms with E-state index in [0.29, 0.717) is 51.7 Å². The zero-order valence-electron chi connectivity index (χ0n) is 22.9. The zero-order valence-corrected chi connectivity index (χ0v) is 24.5. The average molecular weight is 619 g/mol. The summed E-state index contributed by atoms with van der Waals surface area (Å²) in [5.74, 6) is -4.94. The van der Waals surface area contributed by atoms with Crippen LogP contribution in [0.3, 0.4) is 0 Å². The van der Waals surface area contributed by atoms with Gasteiger partial charge in [-0.15, -0.1) is 0 Å². The molecule has 42 heavy (non-hydrogen) atoms. The second kappa shape index (κ2) is 11.0. The smallest absolute Gasteiger partial charge is 0.403 e. The Morgan fingerprint density at radius 2 is 1.12 bits per heavy atom. The van der Waals surface area contributed by atoms with Crippen LogP contribution in [0.2, 0.25) is 0 Å². The summed E-state index contributed by atoms with van der Waals surface area (Å²) in [5.41, 5.74) is -0.937. The molecule has 1 atom stereocenters. The second-order valence-corrected chi connectivity index (χ2v) is 16.4. The van der Waals surface area contributed by atoms with E-state index in [1.807, 2.05) is 0 Å². The van der Waals surface area contributed by atoms with Crippen LogP contribution in [0.15, 0.2) is 106 Å². The van der Waals surface area contributed by atoms with E-state index in [1.165, 1.54) is 0 Å². The van der Waals surface area contributed by atoms with E-state index in [9.17, 15) is 26.4 Å². The van der Waals surface area contributed by atoms with E-state index in [0.717, 1.165) is 19.3 Å². The maximum absolute atomic E-state index is 14.4. The lowest BCUT2D eigenvalue weighted by Crippen LogP contribution is -2.54. The fraction of sp³-hybridized carbons (Fsp3) is 0.406. The molecule has 5 nitrogen and oxygen atoms in total. The van der Waals surface area contributed by atoms with E-state index in [-0.39, 0.29) is 0 Å². The van der Waals surface area contributed by atoms with Crippen molar-refractivity contribution in [1.29, 1.82) is 0 Å². The number of alkyl halides is 3. The molecule has 3 aromatic carbocycles. The van der Waals surface area contributed by atoms with Crippen LogP contribution in [0.4, 0.5) is 13.2 Å². The van der Waals surface area contributed by atoms with Gasteiger partial charge in [0.2, 0.25) is 0 Å². The van der Waals surface area contributed by atoms with Crippen molar-refractivity contribution in [2.45, 2.75) is 65.0 Å². The number of esters is 1. The fourth-order valence-corrected chi connectivity index (χ4v) is 13.1. The van der Waals surface area contributed by atoms with Crippen molar-refractivity contribution >= 4 is 26.4 Å². The highest BCUT2D eigenvalue weighted by Crippen LogP contribution is 2.70.